The fourth-order valence-electron chi connectivity index (χ4n) is 5.64. The predicted molar refractivity (Wildman–Crippen MR) is 143 cm³/mol. The molecular formula is C29H36N6O. The Morgan fingerprint density at radius 3 is 2.67 bits per heavy atom. The van der Waals surface area contributed by atoms with Crippen LogP contribution in [0.2, 0.25) is 0 Å². The summed E-state index contributed by atoms with van der Waals surface area (Å²) >= 11 is 0. The smallest absolute Gasteiger partial charge is 0.252 e. The standard InChI is InChI=1S/C29H36N6O/c1-3-26(28-31-32-33-35(28)25-15-8-5-9-16-25)34(18-17-22-12-6-4-7-13-22)20-24-19-23-14-10-11-21(2)27(23)30-29(24)36/h4,6-7,10-14,19,25-26H,3,5,8-9,15-18,20H2,1-2H3,(H,30,36)/t26-/m0/s1. The van der Waals surface area contributed by atoms with E-state index in [1.807, 2.05) is 31.2 Å². The van der Waals surface area contributed by atoms with E-state index in [-0.39, 0.29) is 11.6 Å². The molecule has 4 aromatic rings. The monoisotopic (exact) mass is 484 g/mol. The van der Waals surface area contributed by atoms with Crippen LogP contribution in [0.3, 0.4) is 0 Å². The lowest BCUT2D eigenvalue weighted by molar-refractivity contribution is 0.165. The van der Waals surface area contributed by atoms with Crippen LogP contribution in [0, 0.1) is 6.92 Å². The summed E-state index contributed by atoms with van der Waals surface area (Å²) in [6.45, 7) is 5.57. The number of rotatable bonds is 9. The average Bonchev–Trinajstić information content (AvgIpc) is 3.39. The number of tetrazole rings is 1. The van der Waals surface area contributed by atoms with Gasteiger partial charge in [-0.3, -0.25) is 9.69 Å². The lowest BCUT2D eigenvalue weighted by Crippen LogP contribution is -2.35. The van der Waals surface area contributed by atoms with Crippen molar-refractivity contribution in [3.63, 3.8) is 0 Å². The lowest BCUT2D eigenvalue weighted by atomic mass is 9.95. The summed E-state index contributed by atoms with van der Waals surface area (Å²) in [5.41, 5.74) is 4.03. The minimum absolute atomic E-state index is 0.0248. The fourth-order valence-corrected chi connectivity index (χ4v) is 5.64. The Hall–Kier alpha value is -3.32. The van der Waals surface area contributed by atoms with E-state index in [1.165, 1.54) is 24.8 Å². The van der Waals surface area contributed by atoms with Gasteiger partial charge in [-0.1, -0.05) is 74.7 Å². The molecule has 1 N–H and O–H groups in total. The zero-order valence-electron chi connectivity index (χ0n) is 21.4. The minimum Gasteiger partial charge on any atom is -0.321 e. The van der Waals surface area contributed by atoms with Crippen molar-refractivity contribution in [3.05, 3.63) is 87.5 Å². The number of benzene rings is 2. The molecule has 0 radical (unpaired) electrons. The number of fused-ring (bicyclic) bond motifs is 1. The van der Waals surface area contributed by atoms with Crippen molar-refractivity contribution in [3.8, 4) is 0 Å². The van der Waals surface area contributed by atoms with E-state index in [1.54, 1.807) is 0 Å². The summed E-state index contributed by atoms with van der Waals surface area (Å²) in [6.07, 6.45) is 7.76. The molecule has 2 aromatic carbocycles. The summed E-state index contributed by atoms with van der Waals surface area (Å²) in [5.74, 6) is 0.922. The number of para-hydroxylation sites is 1. The largest absolute Gasteiger partial charge is 0.321 e. The number of aromatic amines is 1. The van der Waals surface area contributed by atoms with Gasteiger partial charge in [0.05, 0.1) is 17.6 Å². The van der Waals surface area contributed by atoms with E-state index in [0.29, 0.717) is 12.6 Å². The van der Waals surface area contributed by atoms with Gasteiger partial charge in [0.25, 0.3) is 5.56 Å². The van der Waals surface area contributed by atoms with Gasteiger partial charge in [-0.25, -0.2) is 4.68 Å². The summed E-state index contributed by atoms with van der Waals surface area (Å²) in [7, 11) is 0. The van der Waals surface area contributed by atoms with Crippen LogP contribution >= 0.6 is 0 Å². The van der Waals surface area contributed by atoms with E-state index >= 15 is 0 Å². The first kappa shape index (κ1) is 24.4. The van der Waals surface area contributed by atoms with Gasteiger partial charge < -0.3 is 4.98 Å². The summed E-state index contributed by atoms with van der Waals surface area (Å²) < 4.78 is 2.08. The van der Waals surface area contributed by atoms with Gasteiger partial charge in [0.1, 0.15) is 0 Å². The molecule has 36 heavy (non-hydrogen) atoms. The van der Waals surface area contributed by atoms with Crippen molar-refractivity contribution in [1.82, 2.24) is 30.1 Å². The molecule has 1 aliphatic rings. The maximum Gasteiger partial charge on any atom is 0.252 e. The summed E-state index contributed by atoms with van der Waals surface area (Å²) in [4.78, 5) is 18.7. The number of hydrogen-bond acceptors (Lipinski definition) is 5. The summed E-state index contributed by atoms with van der Waals surface area (Å²) in [5, 5.41) is 14.2. The Morgan fingerprint density at radius 2 is 1.89 bits per heavy atom. The van der Waals surface area contributed by atoms with Gasteiger partial charge in [-0.15, -0.1) is 5.10 Å². The first-order chi connectivity index (χ1) is 17.6. The van der Waals surface area contributed by atoms with Crippen LogP contribution in [0.5, 0.6) is 0 Å². The van der Waals surface area contributed by atoms with E-state index in [0.717, 1.165) is 60.1 Å². The van der Waals surface area contributed by atoms with E-state index in [4.69, 9.17) is 0 Å². The molecule has 7 heteroatoms. The number of nitrogens with one attached hydrogen (secondary N) is 1. The van der Waals surface area contributed by atoms with Crippen molar-refractivity contribution in [2.45, 2.75) is 77.4 Å². The van der Waals surface area contributed by atoms with Crippen LogP contribution < -0.4 is 5.56 Å². The third-order valence-corrected chi connectivity index (χ3v) is 7.63. The fraction of sp³-hybridized carbons (Fsp3) is 0.448. The molecule has 1 aliphatic carbocycles. The molecule has 0 unspecified atom stereocenters. The predicted octanol–water partition coefficient (Wildman–Crippen LogP) is 5.52. The van der Waals surface area contributed by atoms with Crippen molar-refractivity contribution < 1.29 is 0 Å². The molecular weight excluding hydrogens is 448 g/mol. The number of aromatic nitrogens is 5. The number of aryl methyl sites for hydroxylation is 1. The molecule has 5 rings (SSSR count). The second-order valence-corrected chi connectivity index (χ2v) is 10.1. The van der Waals surface area contributed by atoms with E-state index < -0.39 is 0 Å². The third-order valence-electron chi connectivity index (χ3n) is 7.63. The number of pyridine rings is 1. The van der Waals surface area contributed by atoms with Crippen LogP contribution in [0.15, 0.2) is 59.4 Å². The number of H-pyrrole nitrogens is 1. The van der Waals surface area contributed by atoms with Crippen molar-refractivity contribution >= 4 is 10.9 Å². The second-order valence-electron chi connectivity index (χ2n) is 10.1. The van der Waals surface area contributed by atoms with Crippen LogP contribution in [0.1, 0.15) is 80.0 Å². The Kier molecular flexibility index (Phi) is 7.56. The molecule has 0 bridgehead atoms. The molecule has 0 amide bonds. The highest BCUT2D eigenvalue weighted by atomic mass is 16.1. The van der Waals surface area contributed by atoms with Gasteiger partial charge in [0.15, 0.2) is 5.82 Å². The Morgan fingerprint density at radius 1 is 1.08 bits per heavy atom. The molecule has 2 aromatic heterocycles. The van der Waals surface area contributed by atoms with Crippen molar-refractivity contribution in [1.29, 1.82) is 0 Å². The molecule has 188 valence electrons. The third kappa shape index (κ3) is 5.26. The Bertz CT molecular complexity index is 1340. The van der Waals surface area contributed by atoms with E-state index in [2.05, 4.69) is 67.3 Å². The van der Waals surface area contributed by atoms with Gasteiger partial charge in [0.2, 0.25) is 0 Å². The molecule has 0 aliphatic heterocycles. The Balaban J connectivity index is 1.49. The van der Waals surface area contributed by atoms with Crippen LogP contribution in [-0.4, -0.2) is 36.6 Å². The number of hydrogen-bond donors (Lipinski definition) is 1. The quantitative estimate of drug-likeness (QED) is 0.338. The molecule has 1 fully saturated rings. The average molecular weight is 485 g/mol. The van der Waals surface area contributed by atoms with Crippen molar-refractivity contribution in [2.75, 3.05) is 6.54 Å². The first-order valence-electron chi connectivity index (χ1n) is 13.3. The maximum atomic E-state index is 13.2. The molecule has 7 nitrogen and oxygen atoms in total. The number of nitrogens with zero attached hydrogens (tertiary/aromatic N) is 5. The zero-order valence-corrected chi connectivity index (χ0v) is 21.4. The first-order valence-corrected chi connectivity index (χ1v) is 13.3. The highest BCUT2D eigenvalue weighted by molar-refractivity contribution is 5.81. The normalized spacial score (nSPS) is 15.5. The van der Waals surface area contributed by atoms with Gasteiger partial charge in [0, 0.05) is 18.7 Å². The van der Waals surface area contributed by atoms with Crippen LogP contribution in [0.4, 0.5) is 0 Å². The van der Waals surface area contributed by atoms with Gasteiger partial charge in [-0.2, -0.15) is 0 Å². The molecule has 2 heterocycles. The lowest BCUT2D eigenvalue weighted by Gasteiger charge is -2.32. The highest BCUT2D eigenvalue weighted by Crippen LogP contribution is 2.32. The Labute approximate surface area is 212 Å². The van der Waals surface area contributed by atoms with Crippen molar-refractivity contribution in [2.24, 2.45) is 0 Å². The highest BCUT2D eigenvalue weighted by Gasteiger charge is 2.29. The topological polar surface area (TPSA) is 79.7 Å². The SMILES string of the molecule is CC[C@@H](c1nnnn1C1CCCCC1)N(CCc1ccccc1)Cc1cc2cccc(C)c2[nH]c1=O. The second kappa shape index (κ2) is 11.2. The molecule has 0 saturated heterocycles. The van der Waals surface area contributed by atoms with Gasteiger partial charge >= 0.3 is 0 Å². The van der Waals surface area contributed by atoms with Crippen LogP contribution in [0.25, 0.3) is 10.9 Å². The molecule has 1 atom stereocenters. The molecule has 1 saturated carbocycles. The summed E-state index contributed by atoms with van der Waals surface area (Å²) in [6, 6.07) is 19.1. The molecule has 0 spiro atoms. The zero-order chi connectivity index (χ0) is 24.9. The van der Waals surface area contributed by atoms with Gasteiger partial charge in [-0.05, 0) is 65.6 Å². The van der Waals surface area contributed by atoms with Crippen LogP contribution in [-0.2, 0) is 13.0 Å². The minimum atomic E-state index is -0.0248. The maximum absolute atomic E-state index is 13.2. The van der Waals surface area contributed by atoms with E-state index in [9.17, 15) is 4.79 Å².